The number of halogens is 1. The topological polar surface area (TPSA) is 112 Å². The highest BCUT2D eigenvalue weighted by atomic mass is 35.5. The number of nitrogens with zero attached hydrogens (tertiary/aromatic N) is 5. The normalized spacial score (nSPS) is 15.7. The number of hydrogen-bond donors (Lipinski definition) is 4. The monoisotopic (exact) mass is 402 g/mol. The van der Waals surface area contributed by atoms with Crippen LogP contribution in [0.15, 0.2) is 24.5 Å². The first-order valence-electron chi connectivity index (χ1n) is 9.24. The van der Waals surface area contributed by atoms with Crippen molar-refractivity contribution < 1.29 is 5.11 Å². The predicted molar refractivity (Wildman–Crippen MR) is 108 cm³/mol. The highest BCUT2D eigenvalue weighted by Crippen LogP contribution is 2.24. The van der Waals surface area contributed by atoms with Gasteiger partial charge in [0.2, 0.25) is 5.95 Å². The van der Waals surface area contributed by atoms with Crippen LogP contribution in [0.2, 0.25) is 5.02 Å². The van der Waals surface area contributed by atoms with Crippen molar-refractivity contribution in [2.75, 3.05) is 23.7 Å². The number of anilines is 3. The number of piperidine rings is 1. The van der Waals surface area contributed by atoms with Gasteiger partial charge in [-0.15, -0.1) is 5.10 Å². The lowest BCUT2D eigenvalue weighted by molar-refractivity contribution is 0.0690. The molecule has 0 spiro atoms. The van der Waals surface area contributed by atoms with E-state index in [4.69, 9.17) is 11.6 Å². The molecule has 1 aliphatic rings. The van der Waals surface area contributed by atoms with Gasteiger partial charge in [-0.3, -0.25) is 0 Å². The zero-order valence-electron chi connectivity index (χ0n) is 15.8. The van der Waals surface area contributed by atoms with Gasteiger partial charge in [0.1, 0.15) is 10.6 Å². The maximum Gasteiger partial charge on any atom is 0.229 e. The second-order valence-corrected chi connectivity index (χ2v) is 7.80. The Labute approximate surface area is 167 Å². The number of rotatable bonds is 5. The summed E-state index contributed by atoms with van der Waals surface area (Å²) in [6.07, 6.45) is 5.40. The van der Waals surface area contributed by atoms with Gasteiger partial charge in [0.05, 0.1) is 6.20 Å². The molecular weight excluding hydrogens is 380 g/mol. The zero-order valence-corrected chi connectivity index (χ0v) is 16.5. The first kappa shape index (κ1) is 18.9. The van der Waals surface area contributed by atoms with Gasteiger partial charge in [0.25, 0.3) is 0 Å². The average molecular weight is 403 g/mol. The standard InChI is InChI=1S/C18H23ClN8O/c1-18(2,28)16-24-14-9-12(5-8-27(14)26-16)23-17-21-10-13(19)15(25-17)22-11-3-6-20-7-4-11/h5,8-11,20,28H,3-4,6-7H2,1-2H3,(H2,21,22,23,25). The fourth-order valence-electron chi connectivity index (χ4n) is 3.04. The molecule has 1 saturated heterocycles. The van der Waals surface area contributed by atoms with E-state index in [2.05, 4.69) is 36.0 Å². The maximum atomic E-state index is 10.1. The van der Waals surface area contributed by atoms with E-state index in [9.17, 15) is 5.11 Å². The van der Waals surface area contributed by atoms with Gasteiger partial charge in [-0.05, 0) is 45.8 Å². The van der Waals surface area contributed by atoms with Crippen molar-refractivity contribution in [2.24, 2.45) is 0 Å². The van der Waals surface area contributed by atoms with Crippen LogP contribution in [-0.2, 0) is 5.60 Å². The van der Waals surface area contributed by atoms with Crippen molar-refractivity contribution in [2.45, 2.75) is 38.3 Å². The molecule has 4 N–H and O–H groups in total. The van der Waals surface area contributed by atoms with Gasteiger partial charge in [0, 0.05) is 24.0 Å². The van der Waals surface area contributed by atoms with Crippen molar-refractivity contribution in [1.82, 2.24) is 29.9 Å². The number of nitrogens with one attached hydrogen (secondary N) is 3. The molecular formula is C18H23ClN8O. The summed E-state index contributed by atoms with van der Waals surface area (Å²) in [5, 5.41) is 24.8. The van der Waals surface area contributed by atoms with E-state index >= 15 is 0 Å². The molecule has 0 aromatic carbocycles. The van der Waals surface area contributed by atoms with E-state index in [0.29, 0.717) is 34.3 Å². The molecule has 0 aliphatic carbocycles. The smallest absolute Gasteiger partial charge is 0.229 e. The van der Waals surface area contributed by atoms with E-state index in [1.54, 1.807) is 30.8 Å². The molecule has 4 rings (SSSR count). The number of hydrogen-bond acceptors (Lipinski definition) is 8. The minimum absolute atomic E-state index is 0.342. The lowest BCUT2D eigenvalue weighted by atomic mass is 10.1. The molecule has 10 heteroatoms. The van der Waals surface area contributed by atoms with Gasteiger partial charge < -0.3 is 21.1 Å². The van der Waals surface area contributed by atoms with E-state index in [1.807, 2.05) is 12.1 Å². The summed E-state index contributed by atoms with van der Waals surface area (Å²) in [6.45, 7) is 5.27. The quantitative estimate of drug-likeness (QED) is 0.514. The largest absolute Gasteiger partial charge is 0.382 e. The van der Waals surface area contributed by atoms with Crippen molar-refractivity contribution >= 4 is 34.7 Å². The van der Waals surface area contributed by atoms with E-state index in [-0.39, 0.29) is 0 Å². The van der Waals surface area contributed by atoms with Gasteiger partial charge >= 0.3 is 0 Å². The molecule has 1 fully saturated rings. The van der Waals surface area contributed by atoms with Gasteiger partial charge in [0.15, 0.2) is 17.3 Å². The summed E-state index contributed by atoms with van der Waals surface area (Å²) in [4.78, 5) is 13.2. The summed E-state index contributed by atoms with van der Waals surface area (Å²) in [5.74, 6) is 1.42. The van der Waals surface area contributed by atoms with Crippen LogP contribution in [-0.4, -0.2) is 48.8 Å². The van der Waals surface area contributed by atoms with Crippen molar-refractivity contribution in [1.29, 1.82) is 0 Å². The Kier molecular flexibility index (Phi) is 5.05. The minimum atomic E-state index is -1.10. The van der Waals surface area contributed by atoms with E-state index in [1.165, 1.54) is 0 Å². The highest BCUT2D eigenvalue weighted by Gasteiger charge is 2.22. The maximum absolute atomic E-state index is 10.1. The third kappa shape index (κ3) is 4.16. The van der Waals surface area contributed by atoms with Gasteiger partial charge in [-0.1, -0.05) is 11.6 Å². The van der Waals surface area contributed by atoms with Crippen molar-refractivity contribution in [3.63, 3.8) is 0 Å². The number of aliphatic hydroxyl groups is 1. The van der Waals surface area contributed by atoms with Crippen molar-refractivity contribution in [3.8, 4) is 0 Å². The molecule has 0 bridgehead atoms. The second kappa shape index (κ2) is 7.50. The van der Waals surface area contributed by atoms with Crippen LogP contribution < -0.4 is 16.0 Å². The molecule has 9 nitrogen and oxygen atoms in total. The molecule has 3 aromatic rings. The van der Waals surface area contributed by atoms with Crippen LogP contribution in [0.4, 0.5) is 17.5 Å². The summed E-state index contributed by atoms with van der Waals surface area (Å²) in [7, 11) is 0. The van der Waals surface area contributed by atoms with Crippen LogP contribution in [0.5, 0.6) is 0 Å². The number of pyridine rings is 1. The van der Waals surface area contributed by atoms with Crippen LogP contribution in [0.1, 0.15) is 32.5 Å². The Morgan fingerprint density at radius 3 is 2.82 bits per heavy atom. The lowest BCUT2D eigenvalue weighted by Gasteiger charge is -2.24. The molecule has 0 radical (unpaired) electrons. The van der Waals surface area contributed by atoms with Crippen LogP contribution >= 0.6 is 11.6 Å². The first-order valence-corrected chi connectivity index (χ1v) is 9.62. The summed E-state index contributed by atoms with van der Waals surface area (Å²) >= 11 is 6.27. The molecule has 0 unspecified atom stereocenters. The fraction of sp³-hybridized carbons (Fsp3) is 0.444. The summed E-state index contributed by atoms with van der Waals surface area (Å²) < 4.78 is 1.62. The van der Waals surface area contributed by atoms with E-state index < -0.39 is 5.60 Å². The molecule has 0 atom stereocenters. The van der Waals surface area contributed by atoms with Gasteiger partial charge in [-0.2, -0.15) is 4.98 Å². The Balaban J connectivity index is 1.54. The number of fused-ring (bicyclic) bond motifs is 1. The summed E-state index contributed by atoms with van der Waals surface area (Å²) in [6, 6.07) is 4.00. The first-order chi connectivity index (χ1) is 13.4. The fourth-order valence-corrected chi connectivity index (χ4v) is 3.18. The van der Waals surface area contributed by atoms with Crippen LogP contribution in [0.3, 0.4) is 0 Å². The minimum Gasteiger partial charge on any atom is -0.382 e. The van der Waals surface area contributed by atoms with Gasteiger partial charge in [-0.25, -0.2) is 14.5 Å². The molecule has 148 valence electrons. The zero-order chi connectivity index (χ0) is 19.7. The molecule has 0 saturated carbocycles. The van der Waals surface area contributed by atoms with Crippen LogP contribution in [0, 0.1) is 0 Å². The lowest BCUT2D eigenvalue weighted by Crippen LogP contribution is -2.35. The molecule has 1 aliphatic heterocycles. The van der Waals surface area contributed by atoms with Crippen molar-refractivity contribution in [3.05, 3.63) is 35.4 Å². The third-order valence-corrected chi connectivity index (χ3v) is 4.84. The number of aromatic nitrogens is 5. The predicted octanol–water partition coefficient (Wildman–Crippen LogP) is 2.31. The Bertz CT molecular complexity index is 977. The Morgan fingerprint density at radius 2 is 2.07 bits per heavy atom. The average Bonchev–Trinajstić information content (AvgIpc) is 3.09. The Morgan fingerprint density at radius 1 is 1.29 bits per heavy atom. The molecule has 28 heavy (non-hydrogen) atoms. The SMILES string of the molecule is CC(C)(O)c1nc2cc(Nc3ncc(Cl)c(NC4CCNCC4)n3)ccn2n1. The molecule has 3 aromatic heterocycles. The van der Waals surface area contributed by atoms with Crippen LogP contribution in [0.25, 0.3) is 5.65 Å². The van der Waals surface area contributed by atoms with E-state index in [0.717, 1.165) is 31.6 Å². The Hall–Kier alpha value is -2.49. The molecule has 4 heterocycles. The second-order valence-electron chi connectivity index (χ2n) is 7.40. The summed E-state index contributed by atoms with van der Waals surface area (Å²) in [5.41, 5.74) is 0.273. The molecule has 0 amide bonds. The highest BCUT2D eigenvalue weighted by molar-refractivity contribution is 6.32. The third-order valence-electron chi connectivity index (χ3n) is 4.56.